The third-order valence-electron chi connectivity index (χ3n) is 2.90. The van der Waals surface area contributed by atoms with Gasteiger partial charge in [-0.05, 0) is 42.0 Å². The summed E-state index contributed by atoms with van der Waals surface area (Å²) in [5.41, 5.74) is 1.82. The minimum atomic E-state index is -0.143. The van der Waals surface area contributed by atoms with Crippen LogP contribution in [0.15, 0.2) is 34.1 Å². The molecule has 0 saturated carbocycles. The standard InChI is InChI=1S/C14H15BrFNS/c1-9-3-4-13(16)12(5-9)14(17-2)7-11-6-10(15)8-18-11/h3-6,8,14,17H,7H2,1-2H3. The topological polar surface area (TPSA) is 12.0 Å². The van der Waals surface area contributed by atoms with Crippen LogP contribution in [0.2, 0.25) is 0 Å². The van der Waals surface area contributed by atoms with Crippen LogP contribution in [0.25, 0.3) is 0 Å². The number of thiophene rings is 1. The highest BCUT2D eigenvalue weighted by atomic mass is 79.9. The van der Waals surface area contributed by atoms with Crippen molar-refractivity contribution in [1.29, 1.82) is 0 Å². The van der Waals surface area contributed by atoms with Crippen LogP contribution in [0.5, 0.6) is 0 Å². The van der Waals surface area contributed by atoms with E-state index in [1.54, 1.807) is 23.5 Å². The molecule has 0 aliphatic carbocycles. The van der Waals surface area contributed by atoms with Crippen molar-refractivity contribution < 1.29 is 4.39 Å². The van der Waals surface area contributed by atoms with Crippen molar-refractivity contribution in [3.05, 3.63) is 55.9 Å². The first kappa shape index (κ1) is 13.7. The van der Waals surface area contributed by atoms with Gasteiger partial charge in [-0.2, -0.15) is 0 Å². The molecule has 0 fully saturated rings. The molecule has 1 nitrogen and oxygen atoms in total. The number of nitrogens with one attached hydrogen (secondary N) is 1. The summed E-state index contributed by atoms with van der Waals surface area (Å²) in [4.78, 5) is 1.24. The van der Waals surface area contributed by atoms with Crippen molar-refractivity contribution in [3.8, 4) is 0 Å². The van der Waals surface area contributed by atoms with Crippen molar-refractivity contribution in [2.45, 2.75) is 19.4 Å². The van der Waals surface area contributed by atoms with Crippen molar-refractivity contribution in [3.63, 3.8) is 0 Å². The van der Waals surface area contributed by atoms with Crippen molar-refractivity contribution in [2.75, 3.05) is 7.05 Å². The minimum absolute atomic E-state index is 0.00968. The molecular formula is C14H15BrFNS. The monoisotopic (exact) mass is 327 g/mol. The summed E-state index contributed by atoms with van der Waals surface area (Å²) in [5, 5.41) is 5.25. The van der Waals surface area contributed by atoms with Crippen LogP contribution in [0.1, 0.15) is 22.0 Å². The van der Waals surface area contributed by atoms with Gasteiger partial charge in [0.2, 0.25) is 0 Å². The Balaban J connectivity index is 2.25. The zero-order valence-corrected chi connectivity index (χ0v) is 12.7. The molecule has 0 bridgehead atoms. The normalized spacial score (nSPS) is 12.7. The number of halogens is 2. The predicted octanol–water partition coefficient (Wildman–Crippen LogP) is 4.46. The first-order valence-electron chi connectivity index (χ1n) is 5.76. The van der Waals surface area contributed by atoms with Gasteiger partial charge in [0.25, 0.3) is 0 Å². The molecule has 1 unspecified atom stereocenters. The van der Waals surface area contributed by atoms with E-state index in [0.717, 1.165) is 22.0 Å². The molecule has 2 aromatic rings. The van der Waals surface area contributed by atoms with Crippen LogP contribution in [-0.4, -0.2) is 7.05 Å². The van der Waals surface area contributed by atoms with Crippen LogP contribution in [0.4, 0.5) is 4.39 Å². The van der Waals surface area contributed by atoms with Gasteiger partial charge in [0.05, 0.1) is 0 Å². The molecule has 0 aliphatic heterocycles. The summed E-state index contributed by atoms with van der Waals surface area (Å²) in [6, 6.07) is 7.35. The lowest BCUT2D eigenvalue weighted by Gasteiger charge is -2.17. The molecule has 4 heteroatoms. The van der Waals surface area contributed by atoms with Gasteiger partial charge in [-0.25, -0.2) is 4.39 Å². The SMILES string of the molecule is CNC(Cc1cc(Br)cs1)c1cc(C)ccc1F. The van der Waals surface area contributed by atoms with Gasteiger partial charge in [0, 0.05) is 32.8 Å². The summed E-state index contributed by atoms with van der Waals surface area (Å²) < 4.78 is 15.0. The van der Waals surface area contributed by atoms with Gasteiger partial charge >= 0.3 is 0 Å². The fourth-order valence-corrected chi connectivity index (χ4v) is 3.46. The average Bonchev–Trinajstić information content (AvgIpc) is 2.75. The third kappa shape index (κ3) is 3.19. The Morgan fingerprint density at radius 3 is 2.78 bits per heavy atom. The molecule has 1 aromatic carbocycles. The van der Waals surface area contributed by atoms with Crippen LogP contribution >= 0.6 is 27.3 Å². The number of benzene rings is 1. The number of rotatable bonds is 4. The second-order valence-corrected chi connectivity index (χ2v) is 6.21. The maximum atomic E-state index is 13.9. The molecule has 0 aliphatic rings. The Labute approximate surface area is 119 Å². The summed E-state index contributed by atoms with van der Waals surface area (Å²) in [6.07, 6.45) is 0.799. The van der Waals surface area contributed by atoms with Crippen LogP contribution < -0.4 is 5.32 Å². The van der Waals surface area contributed by atoms with E-state index in [2.05, 4.69) is 32.7 Å². The summed E-state index contributed by atoms with van der Waals surface area (Å²) in [5.74, 6) is -0.143. The van der Waals surface area contributed by atoms with Gasteiger partial charge in [0.1, 0.15) is 5.82 Å². The minimum Gasteiger partial charge on any atom is -0.313 e. The van der Waals surface area contributed by atoms with E-state index in [-0.39, 0.29) is 11.9 Å². The largest absolute Gasteiger partial charge is 0.313 e. The van der Waals surface area contributed by atoms with E-state index in [9.17, 15) is 4.39 Å². The lowest BCUT2D eigenvalue weighted by atomic mass is 10.0. The molecule has 2 rings (SSSR count). The Kier molecular flexibility index (Phi) is 4.54. The molecule has 0 amide bonds. The highest BCUT2D eigenvalue weighted by molar-refractivity contribution is 9.10. The van der Waals surface area contributed by atoms with Crippen molar-refractivity contribution in [2.24, 2.45) is 0 Å². The van der Waals surface area contributed by atoms with Crippen LogP contribution in [0.3, 0.4) is 0 Å². The van der Waals surface area contributed by atoms with Crippen molar-refractivity contribution >= 4 is 27.3 Å². The number of hydrogen-bond acceptors (Lipinski definition) is 2. The molecule has 1 aromatic heterocycles. The summed E-state index contributed by atoms with van der Waals surface area (Å²) in [6.45, 7) is 1.98. The Hall–Kier alpha value is -0.710. The Morgan fingerprint density at radius 1 is 1.39 bits per heavy atom. The molecule has 1 atom stereocenters. The van der Waals surface area contributed by atoms with Gasteiger partial charge in [0.15, 0.2) is 0 Å². The second kappa shape index (κ2) is 5.95. The average molecular weight is 328 g/mol. The summed E-state index contributed by atoms with van der Waals surface area (Å²) >= 11 is 5.13. The van der Waals surface area contributed by atoms with Gasteiger partial charge in [-0.3, -0.25) is 0 Å². The number of hydrogen-bond donors (Lipinski definition) is 1. The van der Waals surface area contributed by atoms with Crippen LogP contribution in [0, 0.1) is 12.7 Å². The Morgan fingerprint density at radius 2 is 2.17 bits per heavy atom. The second-order valence-electron chi connectivity index (χ2n) is 4.30. The van der Waals surface area contributed by atoms with Crippen LogP contribution in [-0.2, 0) is 6.42 Å². The van der Waals surface area contributed by atoms with E-state index in [1.165, 1.54) is 4.88 Å². The summed E-state index contributed by atoms with van der Waals surface area (Å²) in [7, 11) is 1.87. The number of aryl methyl sites for hydroxylation is 1. The predicted molar refractivity (Wildman–Crippen MR) is 78.7 cm³/mol. The van der Waals surface area contributed by atoms with Gasteiger partial charge in [-0.15, -0.1) is 11.3 Å². The molecule has 0 radical (unpaired) electrons. The Bertz CT molecular complexity index is 538. The molecule has 0 spiro atoms. The van der Waals surface area contributed by atoms with Crippen molar-refractivity contribution in [1.82, 2.24) is 5.32 Å². The van der Waals surface area contributed by atoms with E-state index in [1.807, 2.05) is 20.0 Å². The zero-order chi connectivity index (χ0) is 13.1. The van der Waals surface area contributed by atoms with Gasteiger partial charge < -0.3 is 5.32 Å². The fourth-order valence-electron chi connectivity index (χ4n) is 1.96. The molecule has 96 valence electrons. The lowest BCUT2D eigenvalue weighted by molar-refractivity contribution is 0.535. The maximum Gasteiger partial charge on any atom is 0.128 e. The zero-order valence-electron chi connectivity index (χ0n) is 10.3. The molecule has 0 saturated heterocycles. The fraction of sp³-hybridized carbons (Fsp3) is 0.286. The highest BCUT2D eigenvalue weighted by Gasteiger charge is 2.15. The smallest absolute Gasteiger partial charge is 0.128 e. The first-order chi connectivity index (χ1) is 8.60. The molecule has 1 heterocycles. The molecule has 18 heavy (non-hydrogen) atoms. The van der Waals surface area contributed by atoms with E-state index in [4.69, 9.17) is 0 Å². The number of likely N-dealkylation sites (N-methyl/N-ethyl adjacent to an activating group) is 1. The van der Waals surface area contributed by atoms with E-state index in [0.29, 0.717) is 0 Å². The quantitative estimate of drug-likeness (QED) is 0.874. The maximum absolute atomic E-state index is 13.9. The first-order valence-corrected chi connectivity index (χ1v) is 7.43. The molecular weight excluding hydrogens is 313 g/mol. The lowest BCUT2D eigenvalue weighted by Crippen LogP contribution is -2.19. The highest BCUT2D eigenvalue weighted by Crippen LogP contribution is 2.27. The molecule has 1 N–H and O–H groups in total. The third-order valence-corrected chi connectivity index (χ3v) is 4.62. The van der Waals surface area contributed by atoms with E-state index < -0.39 is 0 Å². The van der Waals surface area contributed by atoms with Gasteiger partial charge in [-0.1, -0.05) is 17.7 Å². The van der Waals surface area contributed by atoms with E-state index >= 15 is 0 Å².